The number of thioether (sulfide) groups is 1. The molecule has 0 saturated carbocycles. The monoisotopic (exact) mass is 283 g/mol. The molecule has 102 valence electrons. The largest absolute Gasteiger partial charge is 0.288 e. The average Bonchev–Trinajstić information content (AvgIpc) is 2.46. The van der Waals surface area contributed by atoms with Crippen LogP contribution in [0, 0.1) is 0 Å². The molecule has 1 saturated heterocycles. The third kappa shape index (κ3) is 3.11. The molecule has 1 aliphatic rings. The van der Waals surface area contributed by atoms with Crippen molar-refractivity contribution < 1.29 is 4.79 Å². The van der Waals surface area contributed by atoms with E-state index in [2.05, 4.69) is 17.0 Å². The SMILES string of the molecule is O=C(Sc1ccccc1)C1CCN1Cc1ccccc1. The highest BCUT2D eigenvalue weighted by molar-refractivity contribution is 8.13. The molecule has 1 heterocycles. The number of likely N-dealkylation sites (tertiary alicyclic amines) is 1. The Balaban J connectivity index is 1.59. The van der Waals surface area contributed by atoms with E-state index < -0.39 is 0 Å². The topological polar surface area (TPSA) is 20.3 Å². The van der Waals surface area contributed by atoms with E-state index in [4.69, 9.17) is 0 Å². The van der Waals surface area contributed by atoms with E-state index >= 15 is 0 Å². The average molecular weight is 283 g/mol. The lowest BCUT2D eigenvalue weighted by Crippen LogP contribution is -2.50. The van der Waals surface area contributed by atoms with E-state index in [0.717, 1.165) is 24.4 Å². The van der Waals surface area contributed by atoms with Gasteiger partial charge in [0.1, 0.15) is 0 Å². The van der Waals surface area contributed by atoms with E-state index in [1.54, 1.807) is 0 Å². The molecule has 3 heteroatoms. The summed E-state index contributed by atoms with van der Waals surface area (Å²) in [5, 5.41) is 0.262. The highest BCUT2D eigenvalue weighted by Crippen LogP contribution is 2.28. The van der Waals surface area contributed by atoms with Crippen LogP contribution in [0.4, 0.5) is 0 Å². The third-order valence-corrected chi connectivity index (χ3v) is 4.57. The summed E-state index contributed by atoms with van der Waals surface area (Å²) >= 11 is 1.36. The minimum Gasteiger partial charge on any atom is -0.288 e. The molecule has 0 aliphatic carbocycles. The first-order chi connectivity index (χ1) is 9.83. The highest BCUT2D eigenvalue weighted by atomic mass is 32.2. The van der Waals surface area contributed by atoms with Crippen LogP contribution >= 0.6 is 11.8 Å². The summed E-state index contributed by atoms with van der Waals surface area (Å²) in [5.41, 5.74) is 1.27. The van der Waals surface area contributed by atoms with Gasteiger partial charge in [0.25, 0.3) is 0 Å². The number of hydrogen-bond donors (Lipinski definition) is 0. The number of hydrogen-bond acceptors (Lipinski definition) is 3. The van der Waals surface area contributed by atoms with Gasteiger partial charge in [-0.1, -0.05) is 60.3 Å². The highest BCUT2D eigenvalue weighted by Gasteiger charge is 2.34. The van der Waals surface area contributed by atoms with E-state index in [1.165, 1.54) is 17.3 Å². The summed E-state index contributed by atoms with van der Waals surface area (Å²) in [6, 6.07) is 20.3. The van der Waals surface area contributed by atoms with Gasteiger partial charge in [-0.2, -0.15) is 0 Å². The smallest absolute Gasteiger partial charge is 0.210 e. The maximum Gasteiger partial charge on any atom is 0.210 e. The molecule has 1 aliphatic heterocycles. The predicted octanol–water partition coefficient (Wildman–Crippen LogP) is 3.58. The minimum absolute atomic E-state index is 0.0698. The summed E-state index contributed by atoms with van der Waals surface area (Å²) in [4.78, 5) is 15.6. The molecule has 1 atom stereocenters. The van der Waals surface area contributed by atoms with Crippen LogP contribution < -0.4 is 0 Å². The maximum atomic E-state index is 12.3. The third-order valence-electron chi connectivity index (χ3n) is 3.59. The molecule has 0 radical (unpaired) electrons. The second kappa shape index (κ2) is 6.25. The van der Waals surface area contributed by atoms with Crippen molar-refractivity contribution in [3.8, 4) is 0 Å². The second-order valence-electron chi connectivity index (χ2n) is 4.99. The summed E-state index contributed by atoms with van der Waals surface area (Å²) in [5.74, 6) is 0. The lowest BCUT2D eigenvalue weighted by Gasteiger charge is -2.39. The standard InChI is InChI=1S/C17H17NOS/c19-17(20-15-9-5-2-6-10-15)16-11-12-18(16)13-14-7-3-1-4-8-14/h1-10,16H,11-13H2. The van der Waals surface area contributed by atoms with Crippen molar-refractivity contribution in [2.75, 3.05) is 6.54 Å². The Morgan fingerprint density at radius 3 is 2.30 bits per heavy atom. The van der Waals surface area contributed by atoms with Gasteiger partial charge >= 0.3 is 0 Å². The van der Waals surface area contributed by atoms with Crippen molar-refractivity contribution in [3.63, 3.8) is 0 Å². The summed E-state index contributed by atoms with van der Waals surface area (Å²) < 4.78 is 0. The number of benzene rings is 2. The summed E-state index contributed by atoms with van der Waals surface area (Å²) in [7, 11) is 0. The number of carbonyl (C=O) groups excluding carboxylic acids is 1. The summed E-state index contributed by atoms with van der Waals surface area (Å²) in [6.45, 7) is 1.88. The van der Waals surface area contributed by atoms with Crippen LogP contribution in [0.1, 0.15) is 12.0 Å². The van der Waals surface area contributed by atoms with Crippen molar-refractivity contribution in [1.82, 2.24) is 4.90 Å². The Labute approximate surface area is 123 Å². The van der Waals surface area contributed by atoms with Gasteiger partial charge in [-0.05, 0) is 24.1 Å². The first kappa shape index (κ1) is 13.4. The molecule has 0 N–H and O–H groups in total. The van der Waals surface area contributed by atoms with Crippen LogP contribution in [0.5, 0.6) is 0 Å². The molecule has 20 heavy (non-hydrogen) atoms. The molecule has 2 aromatic carbocycles. The molecule has 0 bridgehead atoms. The zero-order chi connectivity index (χ0) is 13.8. The Morgan fingerprint density at radius 2 is 1.70 bits per heavy atom. The van der Waals surface area contributed by atoms with Crippen LogP contribution in [0.25, 0.3) is 0 Å². The Bertz CT molecular complexity index is 570. The van der Waals surface area contributed by atoms with E-state index in [-0.39, 0.29) is 11.2 Å². The summed E-state index contributed by atoms with van der Waals surface area (Å²) in [6.07, 6.45) is 0.978. The van der Waals surface area contributed by atoms with Crippen molar-refractivity contribution in [2.45, 2.75) is 23.9 Å². The van der Waals surface area contributed by atoms with Gasteiger partial charge < -0.3 is 0 Å². The van der Waals surface area contributed by atoms with Crippen molar-refractivity contribution in [2.24, 2.45) is 0 Å². The Morgan fingerprint density at radius 1 is 1.05 bits per heavy atom. The molecule has 0 amide bonds. The lowest BCUT2D eigenvalue weighted by molar-refractivity contribution is -0.120. The van der Waals surface area contributed by atoms with Gasteiger partial charge in [0.05, 0.1) is 6.04 Å². The van der Waals surface area contributed by atoms with Crippen molar-refractivity contribution in [1.29, 1.82) is 0 Å². The fraction of sp³-hybridized carbons (Fsp3) is 0.235. The molecule has 2 aromatic rings. The number of nitrogens with zero attached hydrogens (tertiary/aromatic N) is 1. The van der Waals surface area contributed by atoms with Crippen molar-refractivity contribution in [3.05, 3.63) is 66.2 Å². The fourth-order valence-corrected chi connectivity index (χ4v) is 3.32. The zero-order valence-electron chi connectivity index (χ0n) is 11.2. The van der Waals surface area contributed by atoms with E-state index in [1.807, 2.05) is 48.5 Å². The van der Waals surface area contributed by atoms with Crippen LogP contribution in [0.2, 0.25) is 0 Å². The van der Waals surface area contributed by atoms with Gasteiger partial charge in [-0.15, -0.1) is 0 Å². The van der Waals surface area contributed by atoms with Gasteiger partial charge in [0.2, 0.25) is 5.12 Å². The van der Waals surface area contributed by atoms with Crippen molar-refractivity contribution >= 4 is 16.9 Å². The predicted molar refractivity (Wildman–Crippen MR) is 82.6 cm³/mol. The lowest BCUT2D eigenvalue weighted by atomic mass is 10.0. The van der Waals surface area contributed by atoms with E-state index in [9.17, 15) is 4.79 Å². The molecule has 3 rings (SSSR count). The Hall–Kier alpha value is -1.58. The van der Waals surface area contributed by atoms with Gasteiger partial charge in [0, 0.05) is 18.0 Å². The normalized spacial score (nSPS) is 18.5. The minimum atomic E-state index is 0.0698. The first-order valence-electron chi connectivity index (χ1n) is 6.87. The van der Waals surface area contributed by atoms with Crippen LogP contribution in [-0.2, 0) is 11.3 Å². The Kier molecular flexibility index (Phi) is 4.19. The van der Waals surface area contributed by atoms with Gasteiger partial charge in [-0.3, -0.25) is 9.69 Å². The molecule has 2 nitrogen and oxygen atoms in total. The van der Waals surface area contributed by atoms with Gasteiger partial charge in [0.15, 0.2) is 0 Å². The quantitative estimate of drug-likeness (QED) is 0.800. The number of rotatable bonds is 4. The van der Waals surface area contributed by atoms with Crippen LogP contribution in [0.15, 0.2) is 65.6 Å². The molecule has 0 spiro atoms. The van der Waals surface area contributed by atoms with E-state index in [0.29, 0.717) is 0 Å². The van der Waals surface area contributed by atoms with Crippen LogP contribution in [0.3, 0.4) is 0 Å². The zero-order valence-corrected chi connectivity index (χ0v) is 12.1. The second-order valence-corrected chi connectivity index (χ2v) is 6.07. The van der Waals surface area contributed by atoms with Crippen LogP contribution in [-0.4, -0.2) is 22.6 Å². The molecule has 1 fully saturated rings. The fourth-order valence-electron chi connectivity index (χ4n) is 2.39. The molecule has 0 aromatic heterocycles. The molecular weight excluding hydrogens is 266 g/mol. The molecular formula is C17H17NOS. The maximum absolute atomic E-state index is 12.3. The van der Waals surface area contributed by atoms with Gasteiger partial charge in [-0.25, -0.2) is 0 Å². The molecule has 1 unspecified atom stereocenters. The number of carbonyl (C=O) groups is 1. The first-order valence-corrected chi connectivity index (χ1v) is 7.69.